The van der Waals surface area contributed by atoms with E-state index in [2.05, 4.69) is 11.7 Å². The molecular weight excluding hydrogens is 166 g/mol. The van der Waals surface area contributed by atoms with Gasteiger partial charge < -0.3 is 4.74 Å². The normalized spacial score (nSPS) is 9.77. The summed E-state index contributed by atoms with van der Waals surface area (Å²) >= 11 is 0. The topological polar surface area (TPSA) is 30.2 Å². The number of carbonyl (C=O) groups excluding carboxylic acids is 1. The molecule has 0 unspecified atom stereocenters. The van der Waals surface area contributed by atoms with Crippen LogP contribution in [0.3, 0.4) is 0 Å². The number of aryl methyl sites for hydroxylation is 2. The van der Waals surface area contributed by atoms with Crippen LogP contribution in [0, 0.1) is 0 Å². The van der Waals surface area contributed by atoms with E-state index in [0.29, 0.717) is 5.56 Å². The predicted octanol–water partition coefficient (Wildman–Crippen LogP) is 0.860. The minimum atomic E-state index is -0.286. The van der Waals surface area contributed by atoms with E-state index in [9.17, 15) is 4.79 Å². The Hall–Kier alpha value is -1.38. The molecule has 0 saturated heterocycles. The zero-order chi connectivity index (χ0) is 9.84. The number of methoxy groups -OCH3 is 1. The molecule has 0 saturated carbocycles. The predicted molar refractivity (Wildman–Crippen MR) is 48.3 cm³/mol. The highest BCUT2D eigenvalue weighted by atomic mass is 16.5. The summed E-state index contributed by atoms with van der Waals surface area (Å²) in [6.45, 7) is 2.05. The molecular formula is C10H14NO2+. The first kappa shape index (κ1) is 9.71. The lowest BCUT2D eigenvalue weighted by atomic mass is 10.1. The van der Waals surface area contributed by atoms with Gasteiger partial charge in [-0.25, -0.2) is 9.36 Å². The number of hydrogen-bond donors (Lipinski definition) is 0. The summed E-state index contributed by atoms with van der Waals surface area (Å²) in [4.78, 5) is 11.2. The Morgan fingerprint density at radius 2 is 2.23 bits per heavy atom. The van der Waals surface area contributed by atoms with E-state index in [-0.39, 0.29) is 5.97 Å². The van der Waals surface area contributed by atoms with Crippen molar-refractivity contribution in [2.75, 3.05) is 7.11 Å². The fraction of sp³-hybridized carbons (Fsp3) is 0.400. The monoisotopic (exact) mass is 180 g/mol. The van der Waals surface area contributed by atoms with Crippen LogP contribution in [0.2, 0.25) is 0 Å². The number of pyridine rings is 1. The number of carbonyl (C=O) groups is 1. The molecule has 1 heterocycles. The van der Waals surface area contributed by atoms with Crippen molar-refractivity contribution in [2.24, 2.45) is 7.05 Å². The van der Waals surface area contributed by atoms with Gasteiger partial charge in [0.25, 0.3) is 0 Å². The number of nitrogens with zero attached hydrogens (tertiary/aromatic N) is 1. The van der Waals surface area contributed by atoms with Gasteiger partial charge in [-0.05, 0) is 12.5 Å². The summed E-state index contributed by atoms with van der Waals surface area (Å²) in [5.41, 5.74) is 1.73. The van der Waals surface area contributed by atoms with Crippen LogP contribution in [0.25, 0.3) is 0 Å². The number of hydrogen-bond acceptors (Lipinski definition) is 2. The van der Waals surface area contributed by atoms with Gasteiger partial charge >= 0.3 is 5.97 Å². The van der Waals surface area contributed by atoms with Crippen molar-refractivity contribution >= 4 is 5.97 Å². The van der Waals surface area contributed by atoms with Gasteiger partial charge in [-0.2, -0.15) is 0 Å². The summed E-state index contributed by atoms with van der Waals surface area (Å²) in [5.74, 6) is -0.286. The van der Waals surface area contributed by atoms with Gasteiger partial charge in [0.1, 0.15) is 12.6 Å². The number of ether oxygens (including phenoxy) is 1. The molecule has 0 spiro atoms. The lowest BCUT2D eigenvalue weighted by molar-refractivity contribution is -0.672. The summed E-state index contributed by atoms with van der Waals surface area (Å²) in [5, 5.41) is 0. The maximum absolute atomic E-state index is 11.2. The van der Waals surface area contributed by atoms with Crippen LogP contribution in [0.15, 0.2) is 18.5 Å². The highest BCUT2D eigenvalue weighted by Gasteiger charge is 2.10. The van der Waals surface area contributed by atoms with Crippen LogP contribution in [-0.4, -0.2) is 13.1 Å². The Morgan fingerprint density at radius 3 is 2.77 bits per heavy atom. The summed E-state index contributed by atoms with van der Waals surface area (Å²) in [7, 11) is 3.28. The highest BCUT2D eigenvalue weighted by Crippen LogP contribution is 2.03. The van der Waals surface area contributed by atoms with Gasteiger partial charge in [0.2, 0.25) is 0 Å². The van der Waals surface area contributed by atoms with Crippen LogP contribution in [0.1, 0.15) is 22.8 Å². The Labute approximate surface area is 78.0 Å². The van der Waals surface area contributed by atoms with E-state index in [1.54, 1.807) is 6.20 Å². The maximum Gasteiger partial charge on any atom is 0.343 e. The molecule has 0 aliphatic carbocycles. The van der Waals surface area contributed by atoms with E-state index in [0.717, 1.165) is 12.0 Å². The van der Waals surface area contributed by atoms with E-state index < -0.39 is 0 Å². The van der Waals surface area contributed by atoms with Crippen LogP contribution in [0.5, 0.6) is 0 Å². The van der Waals surface area contributed by atoms with Gasteiger partial charge in [-0.1, -0.05) is 6.92 Å². The fourth-order valence-corrected chi connectivity index (χ4v) is 1.22. The average molecular weight is 180 g/mol. The third-order valence-corrected chi connectivity index (χ3v) is 1.88. The van der Waals surface area contributed by atoms with Crippen molar-refractivity contribution in [3.8, 4) is 0 Å². The lowest BCUT2D eigenvalue weighted by Crippen LogP contribution is -2.29. The molecule has 3 heteroatoms. The molecule has 0 fully saturated rings. The minimum Gasteiger partial charge on any atom is -0.465 e. The molecule has 1 aromatic heterocycles. The second-order valence-corrected chi connectivity index (χ2v) is 2.94. The molecule has 70 valence electrons. The number of esters is 1. The van der Waals surface area contributed by atoms with Crippen LogP contribution in [0.4, 0.5) is 0 Å². The zero-order valence-corrected chi connectivity index (χ0v) is 8.20. The maximum atomic E-state index is 11.2. The smallest absolute Gasteiger partial charge is 0.343 e. The third kappa shape index (κ3) is 2.28. The first-order valence-corrected chi connectivity index (χ1v) is 4.25. The summed E-state index contributed by atoms with van der Waals surface area (Å²) in [6.07, 6.45) is 4.66. The van der Waals surface area contributed by atoms with E-state index >= 15 is 0 Å². The van der Waals surface area contributed by atoms with Crippen LogP contribution in [-0.2, 0) is 18.2 Å². The molecule has 1 aromatic rings. The van der Waals surface area contributed by atoms with Gasteiger partial charge in [0.05, 0.1) is 7.11 Å². The minimum absolute atomic E-state index is 0.286. The molecule has 0 amide bonds. The molecule has 13 heavy (non-hydrogen) atoms. The number of rotatable bonds is 2. The first-order valence-electron chi connectivity index (χ1n) is 4.25. The Kier molecular flexibility index (Phi) is 3.01. The molecule has 0 radical (unpaired) electrons. The third-order valence-electron chi connectivity index (χ3n) is 1.88. The number of aromatic nitrogens is 1. The Morgan fingerprint density at radius 1 is 1.54 bits per heavy atom. The van der Waals surface area contributed by atoms with Crippen molar-refractivity contribution < 1.29 is 14.1 Å². The molecule has 0 aromatic carbocycles. The first-order chi connectivity index (χ1) is 6.17. The van der Waals surface area contributed by atoms with Crippen molar-refractivity contribution in [1.82, 2.24) is 0 Å². The van der Waals surface area contributed by atoms with Gasteiger partial charge in [-0.3, -0.25) is 0 Å². The standard InChI is InChI=1S/C10H14NO2/c1-4-8-5-9(10(12)13-3)7-11(2)6-8/h5-7H,4H2,1-3H3/q+1. The second-order valence-electron chi connectivity index (χ2n) is 2.94. The van der Waals surface area contributed by atoms with E-state index in [1.807, 2.05) is 23.9 Å². The second kappa shape index (κ2) is 4.03. The molecule has 0 atom stereocenters. The van der Waals surface area contributed by atoms with Gasteiger partial charge in [0, 0.05) is 5.56 Å². The molecule has 0 N–H and O–H groups in total. The molecule has 1 rings (SSSR count). The van der Waals surface area contributed by atoms with Crippen molar-refractivity contribution in [1.29, 1.82) is 0 Å². The average Bonchev–Trinajstić information content (AvgIpc) is 2.15. The van der Waals surface area contributed by atoms with Gasteiger partial charge in [-0.15, -0.1) is 0 Å². The van der Waals surface area contributed by atoms with E-state index in [4.69, 9.17) is 0 Å². The van der Waals surface area contributed by atoms with Crippen LogP contribution < -0.4 is 4.57 Å². The quantitative estimate of drug-likeness (QED) is 0.499. The molecule has 0 aliphatic rings. The fourth-order valence-electron chi connectivity index (χ4n) is 1.22. The SMILES string of the molecule is CCc1cc(C(=O)OC)c[n+](C)c1. The molecule has 0 bridgehead atoms. The summed E-state index contributed by atoms with van der Waals surface area (Å²) < 4.78 is 6.50. The molecule has 3 nitrogen and oxygen atoms in total. The van der Waals surface area contributed by atoms with Gasteiger partial charge in [0.15, 0.2) is 12.4 Å². The summed E-state index contributed by atoms with van der Waals surface area (Å²) in [6, 6.07) is 1.85. The van der Waals surface area contributed by atoms with Crippen molar-refractivity contribution in [3.63, 3.8) is 0 Å². The van der Waals surface area contributed by atoms with Crippen molar-refractivity contribution in [3.05, 3.63) is 29.6 Å². The Bertz CT molecular complexity index is 321. The zero-order valence-electron chi connectivity index (χ0n) is 8.20. The highest BCUT2D eigenvalue weighted by molar-refractivity contribution is 5.88. The van der Waals surface area contributed by atoms with E-state index in [1.165, 1.54) is 7.11 Å². The lowest BCUT2D eigenvalue weighted by Gasteiger charge is -1.99. The van der Waals surface area contributed by atoms with Crippen molar-refractivity contribution in [2.45, 2.75) is 13.3 Å². The molecule has 0 aliphatic heterocycles. The van der Waals surface area contributed by atoms with Crippen LogP contribution >= 0.6 is 0 Å². The Balaban J connectivity index is 3.08. The largest absolute Gasteiger partial charge is 0.465 e.